The van der Waals surface area contributed by atoms with Gasteiger partial charge in [-0.3, -0.25) is 9.59 Å². The molecular weight excluding hydrogens is 390 g/mol. The number of amides is 1. The van der Waals surface area contributed by atoms with Crippen LogP contribution in [0.1, 0.15) is 69.1 Å². The van der Waals surface area contributed by atoms with Crippen LogP contribution in [-0.2, 0) is 25.8 Å². The van der Waals surface area contributed by atoms with Gasteiger partial charge in [-0.2, -0.15) is 0 Å². The van der Waals surface area contributed by atoms with Crippen molar-refractivity contribution < 1.29 is 9.59 Å². The minimum absolute atomic E-state index is 0.0601. The number of ketones is 1. The van der Waals surface area contributed by atoms with Gasteiger partial charge in [0.05, 0.1) is 11.3 Å². The number of nitrogens with zero attached hydrogens (tertiary/aromatic N) is 3. The Kier molecular flexibility index (Phi) is 6.02. The molecule has 1 aromatic carbocycles. The zero-order valence-corrected chi connectivity index (χ0v) is 18.4. The molecule has 0 saturated carbocycles. The third kappa shape index (κ3) is 4.45. The number of H-pyrrole nitrogens is 1. The quantitative estimate of drug-likeness (QED) is 0.599. The number of nitrogens with one attached hydrogen (secondary N) is 2. The molecule has 4 rings (SSSR count). The topological polar surface area (TPSA) is 92.7 Å². The van der Waals surface area contributed by atoms with Crippen LogP contribution in [0.25, 0.3) is 0 Å². The van der Waals surface area contributed by atoms with Crippen molar-refractivity contribution in [3.63, 3.8) is 0 Å². The SMILES string of the molecule is CC(=O)c1[nH]c(C)c(C(=O)NC2CCc3nnc(CCc4ccccc4)n3CC2)c1C. The Balaban J connectivity index is 1.40. The number of Topliss-reactive ketones (excluding diaryl/α,β-unsaturated/α-hetero) is 1. The zero-order valence-electron chi connectivity index (χ0n) is 18.4. The van der Waals surface area contributed by atoms with Gasteiger partial charge in [0.15, 0.2) is 5.78 Å². The fraction of sp³-hybridized carbons (Fsp3) is 0.417. The van der Waals surface area contributed by atoms with E-state index >= 15 is 0 Å². The van der Waals surface area contributed by atoms with Crippen molar-refractivity contribution in [1.82, 2.24) is 25.1 Å². The normalized spacial score (nSPS) is 15.9. The van der Waals surface area contributed by atoms with Crippen molar-refractivity contribution in [2.45, 2.75) is 65.5 Å². The van der Waals surface area contributed by atoms with Gasteiger partial charge in [0.25, 0.3) is 5.91 Å². The first-order valence-corrected chi connectivity index (χ1v) is 10.9. The average Bonchev–Trinajstić information content (AvgIpc) is 3.21. The molecular formula is C24H29N5O2. The van der Waals surface area contributed by atoms with Gasteiger partial charge < -0.3 is 14.9 Å². The van der Waals surface area contributed by atoms with Crippen LogP contribution in [0, 0.1) is 13.8 Å². The van der Waals surface area contributed by atoms with E-state index in [0.29, 0.717) is 11.3 Å². The first-order valence-electron chi connectivity index (χ1n) is 10.9. The number of aryl methyl sites for hydroxylation is 4. The van der Waals surface area contributed by atoms with E-state index in [2.05, 4.69) is 49.3 Å². The second-order valence-corrected chi connectivity index (χ2v) is 8.35. The summed E-state index contributed by atoms with van der Waals surface area (Å²) in [6.07, 6.45) is 4.22. The van der Waals surface area contributed by atoms with Crippen LogP contribution in [0.4, 0.5) is 0 Å². The molecule has 3 heterocycles. The lowest BCUT2D eigenvalue weighted by atomic mass is 10.1. The molecule has 0 aliphatic carbocycles. The predicted molar refractivity (Wildman–Crippen MR) is 118 cm³/mol. The molecule has 7 nitrogen and oxygen atoms in total. The highest BCUT2D eigenvalue weighted by Crippen LogP contribution is 2.21. The highest BCUT2D eigenvalue weighted by molar-refractivity contribution is 6.02. The Morgan fingerprint density at radius 2 is 1.90 bits per heavy atom. The van der Waals surface area contributed by atoms with E-state index in [1.54, 1.807) is 0 Å². The third-order valence-electron chi connectivity index (χ3n) is 6.15. The number of aromatic nitrogens is 4. The fourth-order valence-electron chi connectivity index (χ4n) is 4.48. The van der Waals surface area contributed by atoms with Gasteiger partial charge in [0, 0.05) is 38.0 Å². The van der Waals surface area contributed by atoms with Gasteiger partial charge >= 0.3 is 0 Å². The third-order valence-corrected chi connectivity index (χ3v) is 6.15. The summed E-state index contributed by atoms with van der Waals surface area (Å²) in [5, 5.41) is 12.0. The molecule has 0 saturated heterocycles. The summed E-state index contributed by atoms with van der Waals surface area (Å²) in [5.41, 5.74) is 3.83. The fourth-order valence-corrected chi connectivity index (χ4v) is 4.48. The lowest BCUT2D eigenvalue weighted by Gasteiger charge is -2.16. The minimum Gasteiger partial charge on any atom is -0.355 e. The van der Waals surface area contributed by atoms with Crippen LogP contribution in [0.2, 0.25) is 0 Å². The molecule has 1 amide bonds. The molecule has 0 radical (unpaired) electrons. The predicted octanol–water partition coefficient (Wildman–Crippen LogP) is 3.35. The van der Waals surface area contributed by atoms with Gasteiger partial charge in [-0.25, -0.2) is 0 Å². The van der Waals surface area contributed by atoms with Gasteiger partial charge in [-0.15, -0.1) is 10.2 Å². The summed E-state index contributed by atoms with van der Waals surface area (Å²) < 4.78 is 2.22. The summed E-state index contributed by atoms with van der Waals surface area (Å²) in [6, 6.07) is 10.5. The molecule has 0 spiro atoms. The Hall–Kier alpha value is -3.22. The molecule has 31 heavy (non-hydrogen) atoms. The monoisotopic (exact) mass is 419 g/mol. The molecule has 1 aliphatic rings. The molecule has 3 aromatic rings. The molecule has 1 atom stereocenters. The Morgan fingerprint density at radius 1 is 1.13 bits per heavy atom. The maximum absolute atomic E-state index is 13.0. The Labute approximate surface area is 182 Å². The number of fused-ring (bicyclic) bond motifs is 1. The number of rotatable bonds is 6. The van der Waals surface area contributed by atoms with Crippen LogP contribution >= 0.6 is 0 Å². The van der Waals surface area contributed by atoms with Gasteiger partial charge in [-0.05, 0) is 44.2 Å². The number of hydrogen-bond donors (Lipinski definition) is 2. The Bertz CT molecular complexity index is 1100. The molecule has 2 N–H and O–H groups in total. The maximum Gasteiger partial charge on any atom is 0.253 e. The highest BCUT2D eigenvalue weighted by atomic mass is 16.2. The van der Waals surface area contributed by atoms with Crippen molar-refractivity contribution in [3.05, 3.63) is 70.1 Å². The van der Waals surface area contributed by atoms with Crippen molar-refractivity contribution in [1.29, 1.82) is 0 Å². The second-order valence-electron chi connectivity index (χ2n) is 8.35. The number of hydrogen-bond acceptors (Lipinski definition) is 4. The minimum atomic E-state index is -0.120. The van der Waals surface area contributed by atoms with Gasteiger partial charge in [0.1, 0.15) is 11.6 Å². The van der Waals surface area contributed by atoms with Crippen LogP contribution in [-0.4, -0.2) is 37.5 Å². The van der Waals surface area contributed by atoms with E-state index in [4.69, 9.17) is 0 Å². The molecule has 162 valence electrons. The van der Waals surface area contributed by atoms with Gasteiger partial charge in [0.2, 0.25) is 0 Å². The van der Waals surface area contributed by atoms with Crippen LogP contribution in [0.15, 0.2) is 30.3 Å². The van der Waals surface area contributed by atoms with E-state index < -0.39 is 0 Å². The number of aromatic amines is 1. The maximum atomic E-state index is 13.0. The first-order chi connectivity index (χ1) is 14.9. The van der Waals surface area contributed by atoms with Crippen molar-refractivity contribution in [2.24, 2.45) is 0 Å². The summed E-state index contributed by atoms with van der Waals surface area (Å²) in [4.78, 5) is 27.8. The first kappa shape index (κ1) is 21.0. The summed E-state index contributed by atoms with van der Waals surface area (Å²) in [7, 11) is 0. The Morgan fingerprint density at radius 3 is 2.61 bits per heavy atom. The molecule has 0 bridgehead atoms. The average molecular weight is 420 g/mol. The lowest BCUT2D eigenvalue weighted by Crippen LogP contribution is -2.35. The van der Waals surface area contributed by atoms with E-state index in [9.17, 15) is 9.59 Å². The lowest BCUT2D eigenvalue weighted by molar-refractivity contribution is 0.0931. The van der Waals surface area contributed by atoms with Crippen molar-refractivity contribution in [3.8, 4) is 0 Å². The summed E-state index contributed by atoms with van der Waals surface area (Å²) in [6.45, 7) is 5.96. The van der Waals surface area contributed by atoms with Crippen LogP contribution in [0.3, 0.4) is 0 Å². The van der Waals surface area contributed by atoms with Gasteiger partial charge in [-0.1, -0.05) is 30.3 Å². The van der Waals surface area contributed by atoms with Crippen LogP contribution < -0.4 is 5.32 Å². The standard InChI is InChI=1S/C24H29N5O2/c1-15-22(16(2)25-23(15)17(3)30)24(31)26-19-10-12-21-28-27-20(29(21)14-13-19)11-9-18-7-5-4-6-8-18/h4-8,19,25H,9-14H2,1-3H3,(H,26,31). The van der Waals surface area contributed by atoms with Crippen molar-refractivity contribution >= 4 is 11.7 Å². The molecule has 2 aromatic heterocycles. The number of carbonyl (C=O) groups is 2. The van der Waals surface area contributed by atoms with E-state index in [1.165, 1.54) is 12.5 Å². The number of carbonyl (C=O) groups excluding carboxylic acids is 2. The van der Waals surface area contributed by atoms with E-state index in [1.807, 2.05) is 19.9 Å². The summed E-state index contributed by atoms with van der Waals surface area (Å²) >= 11 is 0. The second kappa shape index (κ2) is 8.88. The molecule has 1 aliphatic heterocycles. The van der Waals surface area contributed by atoms with E-state index in [0.717, 1.165) is 61.6 Å². The van der Waals surface area contributed by atoms with Crippen molar-refractivity contribution in [2.75, 3.05) is 0 Å². The molecule has 0 fully saturated rings. The smallest absolute Gasteiger partial charge is 0.253 e. The van der Waals surface area contributed by atoms with E-state index in [-0.39, 0.29) is 17.7 Å². The van der Waals surface area contributed by atoms with Crippen LogP contribution in [0.5, 0.6) is 0 Å². The number of benzene rings is 1. The zero-order chi connectivity index (χ0) is 22.0. The molecule has 1 unspecified atom stereocenters. The largest absolute Gasteiger partial charge is 0.355 e. The highest BCUT2D eigenvalue weighted by Gasteiger charge is 2.25. The molecule has 7 heteroatoms. The summed E-state index contributed by atoms with van der Waals surface area (Å²) in [5.74, 6) is 1.82.